The van der Waals surface area contributed by atoms with Crippen molar-refractivity contribution in [2.75, 3.05) is 11.5 Å². The molecule has 0 N–H and O–H groups in total. The fourth-order valence-corrected chi connectivity index (χ4v) is 3.03. The van der Waals surface area contributed by atoms with Gasteiger partial charge in [0.25, 0.3) is 5.56 Å². The van der Waals surface area contributed by atoms with Crippen molar-refractivity contribution in [2.24, 2.45) is 0 Å². The zero-order chi connectivity index (χ0) is 13.0. The average Bonchev–Trinajstić information content (AvgIpc) is 2.37. The van der Waals surface area contributed by atoms with Gasteiger partial charge in [-0.25, -0.2) is 0 Å². The molecule has 2 rings (SSSR count). The topological polar surface area (TPSA) is 39.1 Å². The molecule has 98 valence electrons. The summed E-state index contributed by atoms with van der Waals surface area (Å²) in [7, 11) is 0. The first-order chi connectivity index (χ1) is 8.74. The van der Waals surface area contributed by atoms with E-state index in [1.54, 1.807) is 6.07 Å². The van der Waals surface area contributed by atoms with Crippen molar-refractivity contribution in [3.05, 3.63) is 33.7 Å². The molecule has 1 aliphatic rings. The standard InChI is InChI=1S/C14H19NO2S/c1-2-18-10-4-9-15-12-5-3-6-13(16)11(12)7-8-14(15)17/h7-8H,2-6,9-10H2,1H3. The van der Waals surface area contributed by atoms with Crippen LogP contribution >= 0.6 is 11.8 Å². The maximum atomic E-state index is 11.9. The largest absolute Gasteiger partial charge is 0.312 e. The monoisotopic (exact) mass is 265 g/mol. The Hall–Kier alpha value is -1.03. The number of carbonyl (C=O) groups excluding carboxylic acids is 1. The van der Waals surface area contributed by atoms with E-state index >= 15 is 0 Å². The van der Waals surface area contributed by atoms with Crippen LogP contribution < -0.4 is 5.56 Å². The Morgan fingerprint density at radius 2 is 2.11 bits per heavy atom. The summed E-state index contributed by atoms with van der Waals surface area (Å²) in [6.45, 7) is 2.88. The number of nitrogens with zero attached hydrogens (tertiary/aromatic N) is 1. The predicted octanol–water partition coefficient (Wildman–Crippen LogP) is 2.51. The second-order valence-corrected chi connectivity index (χ2v) is 5.90. The molecule has 0 unspecified atom stereocenters. The predicted molar refractivity (Wildman–Crippen MR) is 75.6 cm³/mol. The Labute approximate surface area is 112 Å². The van der Waals surface area contributed by atoms with Crippen LogP contribution in [-0.4, -0.2) is 21.9 Å². The highest BCUT2D eigenvalue weighted by Crippen LogP contribution is 2.20. The minimum Gasteiger partial charge on any atom is -0.312 e. The number of aromatic nitrogens is 1. The summed E-state index contributed by atoms with van der Waals surface area (Å²) in [5.41, 5.74) is 1.76. The van der Waals surface area contributed by atoms with Gasteiger partial charge in [0.2, 0.25) is 0 Å². The number of carbonyl (C=O) groups is 1. The van der Waals surface area contributed by atoms with Gasteiger partial charge in [-0.2, -0.15) is 11.8 Å². The van der Waals surface area contributed by atoms with Crippen LogP contribution in [0, 0.1) is 0 Å². The van der Waals surface area contributed by atoms with E-state index in [0.29, 0.717) is 6.42 Å². The summed E-state index contributed by atoms with van der Waals surface area (Å²) < 4.78 is 1.81. The number of ketones is 1. The van der Waals surface area contributed by atoms with Crippen molar-refractivity contribution in [1.82, 2.24) is 4.57 Å². The molecule has 0 amide bonds. The number of pyridine rings is 1. The van der Waals surface area contributed by atoms with E-state index < -0.39 is 0 Å². The van der Waals surface area contributed by atoms with E-state index in [0.717, 1.165) is 48.6 Å². The van der Waals surface area contributed by atoms with E-state index in [1.807, 2.05) is 16.3 Å². The lowest BCUT2D eigenvalue weighted by atomic mass is 9.94. The highest BCUT2D eigenvalue weighted by molar-refractivity contribution is 7.99. The molecule has 0 saturated heterocycles. The van der Waals surface area contributed by atoms with Gasteiger partial charge in [0.1, 0.15) is 0 Å². The minimum atomic E-state index is 0.0324. The van der Waals surface area contributed by atoms with E-state index in [1.165, 1.54) is 6.07 Å². The maximum absolute atomic E-state index is 11.9. The minimum absolute atomic E-state index is 0.0324. The van der Waals surface area contributed by atoms with Gasteiger partial charge in [-0.3, -0.25) is 9.59 Å². The van der Waals surface area contributed by atoms with Crippen LogP contribution in [0.1, 0.15) is 42.2 Å². The molecule has 0 bridgehead atoms. The molecule has 1 aromatic heterocycles. The van der Waals surface area contributed by atoms with Gasteiger partial charge in [-0.1, -0.05) is 6.92 Å². The van der Waals surface area contributed by atoms with Crippen LogP contribution in [0.5, 0.6) is 0 Å². The molecule has 4 heteroatoms. The van der Waals surface area contributed by atoms with E-state index in [2.05, 4.69) is 6.92 Å². The molecule has 1 aliphatic carbocycles. The highest BCUT2D eigenvalue weighted by atomic mass is 32.2. The molecule has 1 aromatic rings. The molecule has 0 saturated carbocycles. The van der Waals surface area contributed by atoms with Crippen molar-refractivity contribution in [3.8, 4) is 0 Å². The van der Waals surface area contributed by atoms with Gasteiger partial charge in [0.15, 0.2) is 5.78 Å². The van der Waals surface area contributed by atoms with Crippen molar-refractivity contribution in [2.45, 2.75) is 39.2 Å². The first kappa shape index (κ1) is 13.4. The third-order valence-electron chi connectivity index (χ3n) is 3.29. The first-order valence-corrected chi connectivity index (χ1v) is 7.73. The Balaban J connectivity index is 2.20. The summed E-state index contributed by atoms with van der Waals surface area (Å²) >= 11 is 1.89. The summed E-state index contributed by atoms with van der Waals surface area (Å²) in [5.74, 6) is 2.37. The van der Waals surface area contributed by atoms with Crippen molar-refractivity contribution in [1.29, 1.82) is 0 Å². The third kappa shape index (κ3) is 2.86. The van der Waals surface area contributed by atoms with Crippen LogP contribution in [-0.2, 0) is 13.0 Å². The number of hydrogen-bond acceptors (Lipinski definition) is 3. The molecule has 3 nitrogen and oxygen atoms in total. The van der Waals surface area contributed by atoms with E-state index in [4.69, 9.17) is 0 Å². The van der Waals surface area contributed by atoms with Crippen LogP contribution in [0.2, 0.25) is 0 Å². The van der Waals surface area contributed by atoms with Gasteiger partial charge in [-0.15, -0.1) is 0 Å². The van der Waals surface area contributed by atoms with E-state index in [9.17, 15) is 9.59 Å². The second kappa shape index (κ2) is 6.23. The lowest BCUT2D eigenvalue weighted by Gasteiger charge is -2.19. The van der Waals surface area contributed by atoms with Crippen LogP contribution in [0.3, 0.4) is 0 Å². The normalized spacial score (nSPS) is 14.6. The fraction of sp³-hybridized carbons (Fsp3) is 0.571. The van der Waals surface area contributed by atoms with Gasteiger partial charge < -0.3 is 4.57 Å². The summed E-state index contributed by atoms with van der Waals surface area (Å²) in [6.07, 6.45) is 3.34. The molecule has 0 aliphatic heterocycles. The molecule has 0 spiro atoms. The molecular formula is C14H19NO2S. The third-order valence-corrected chi connectivity index (χ3v) is 4.27. The molecule has 0 atom stereocenters. The SMILES string of the molecule is CCSCCCn1c2c(ccc1=O)C(=O)CCC2. The van der Waals surface area contributed by atoms with Gasteiger partial charge in [0.05, 0.1) is 0 Å². The molecule has 18 heavy (non-hydrogen) atoms. The Bertz CT molecular complexity index is 493. The van der Waals surface area contributed by atoms with Crippen molar-refractivity contribution in [3.63, 3.8) is 0 Å². The number of fused-ring (bicyclic) bond motifs is 1. The average molecular weight is 265 g/mol. The number of thioether (sulfide) groups is 1. The summed E-state index contributed by atoms with van der Waals surface area (Å²) in [6, 6.07) is 3.24. The van der Waals surface area contributed by atoms with Crippen molar-refractivity contribution < 1.29 is 4.79 Å². The zero-order valence-electron chi connectivity index (χ0n) is 10.8. The Morgan fingerprint density at radius 3 is 2.89 bits per heavy atom. The molecule has 0 radical (unpaired) electrons. The lowest BCUT2D eigenvalue weighted by Crippen LogP contribution is -2.28. The maximum Gasteiger partial charge on any atom is 0.250 e. The van der Waals surface area contributed by atoms with Crippen molar-refractivity contribution >= 4 is 17.5 Å². The van der Waals surface area contributed by atoms with Crippen LogP contribution in [0.25, 0.3) is 0 Å². The van der Waals surface area contributed by atoms with Crippen LogP contribution in [0.15, 0.2) is 16.9 Å². The zero-order valence-corrected chi connectivity index (χ0v) is 11.6. The summed E-state index contributed by atoms with van der Waals surface area (Å²) in [5, 5.41) is 0. The van der Waals surface area contributed by atoms with Crippen LogP contribution in [0.4, 0.5) is 0 Å². The molecule has 0 aromatic carbocycles. The first-order valence-electron chi connectivity index (χ1n) is 6.57. The number of hydrogen-bond donors (Lipinski definition) is 0. The van der Waals surface area contributed by atoms with Gasteiger partial charge >= 0.3 is 0 Å². The number of rotatable bonds is 5. The lowest BCUT2D eigenvalue weighted by molar-refractivity contribution is 0.0970. The second-order valence-electron chi connectivity index (χ2n) is 4.51. The molecule has 1 heterocycles. The smallest absolute Gasteiger partial charge is 0.250 e. The Morgan fingerprint density at radius 1 is 1.28 bits per heavy atom. The fourth-order valence-electron chi connectivity index (χ4n) is 2.41. The van der Waals surface area contributed by atoms with Gasteiger partial charge in [0, 0.05) is 30.3 Å². The molecule has 0 fully saturated rings. The summed E-state index contributed by atoms with van der Waals surface area (Å²) in [4.78, 5) is 23.7. The highest BCUT2D eigenvalue weighted by Gasteiger charge is 2.20. The molecular weight excluding hydrogens is 246 g/mol. The number of Topliss-reactive ketones (excluding diaryl/α,β-unsaturated/α-hetero) is 1. The quantitative estimate of drug-likeness (QED) is 0.768. The van der Waals surface area contributed by atoms with E-state index in [-0.39, 0.29) is 11.3 Å². The van der Waals surface area contributed by atoms with Gasteiger partial charge in [-0.05, 0) is 36.8 Å². The Kier molecular flexibility index (Phi) is 4.64.